The van der Waals surface area contributed by atoms with Crippen LogP contribution in [0.15, 0.2) is 67.3 Å². The summed E-state index contributed by atoms with van der Waals surface area (Å²) in [7, 11) is 2.19. The molecule has 1 fully saturated rings. The van der Waals surface area contributed by atoms with E-state index in [1.54, 1.807) is 24.8 Å². The van der Waals surface area contributed by atoms with E-state index in [-0.39, 0.29) is 0 Å². The fourth-order valence-electron chi connectivity index (χ4n) is 4.65. The Kier molecular flexibility index (Phi) is 6.09. The van der Waals surface area contributed by atoms with Gasteiger partial charge in [-0.3, -0.25) is 4.98 Å². The molecule has 0 atom stereocenters. The van der Waals surface area contributed by atoms with Gasteiger partial charge in [0.1, 0.15) is 5.69 Å². The second kappa shape index (κ2) is 9.83. The molecule has 0 unspecified atom stereocenters. The van der Waals surface area contributed by atoms with Crippen LogP contribution in [0.2, 0.25) is 0 Å². The highest BCUT2D eigenvalue weighted by molar-refractivity contribution is 5.68. The first-order valence-electron chi connectivity index (χ1n) is 12.3. The molecule has 3 aromatic heterocycles. The summed E-state index contributed by atoms with van der Waals surface area (Å²) in [4.78, 5) is 29.7. The average Bonchev–Trinajstić information content (AvgIpc) is 3.37. The van der Waals surface area contributed by atoms with Crippen LogP contribution in [0.5, 0.6) is 0 Å². The van der Waals surface area contributed by atoms with Crippen LogP contribution in [0.3, 0.4) is 0 Å². The summed E-state index contributed by atoms with van der Waals surface area (Å²) < 4.78 is 0. The van der Waals surface area contributed by atoms with Crippen molar-refractivity contribution in [2.75, 3.05) is 43.0 Å². The minimum Gasteiger partial charge on any atom is -0.369 e. The van der Waals surface area contributed by atoms with E-state index in [1.807, 2.05) is 36.4 Å². The third kappa shape index (κ3) is 4.81. The summed E-state index contributed by atoms with van der Waals surface area (Å²) in [6.45, 7) is 5.95. The largest absolute Gasteiger partial charge is 0.369 e. The number of rotatable bonds is 5. The van der Waals surface area contributed by atoms with E-state index in [4.69, 9.17) is 9.97 Å². The molecule has 5 heterocycles. The van der Waals surface area contributed by atoms with E-state index in [0.29, 0.717) is 17.5 Å². The molecule has 0 amide bonds. The zero-order chi connectivity index (χ0) is 24.3. The smallest absolute Gasteiger partial charge is 0.226 e. The maximum atomic E-state index is 4.83. The van der Waals surface area contributed by atoms with Gasteiger partial charge in [-0.1, -0.05) is 12.1 Å². The van der Waals surface area contributed by atoms with Crippen LogP contribution in [0.1, 0.15) is 22.4 Å². The van der Waals surface area contributed by atoms with Gasteiger partial charge in [-0.2, -0.15) is 0 Å². The average molecular weight is 477 g/mol. The second-order valence-corrected chi connectivity index (χ2v) is 9.26. The summed E-state index contributed by atoms with van der Waals surface area (Å²) >= 11 is 0. The Bertz CT molecular complexity index is 1380. The Morgan fingerprint density at radius 1 is 0.722 bits per heavy atom. The Balaban J connectivity index is 1.19. The minimum absolute atomic E-state index is 0.588. The molecule has 0 bridgehead atoms. The highest BCUT2D eigenvalue weighted by Crippen LogP contribution is 2.30. The second-order valence-electron chi connectivity index (χ2n) is 9.26. The van der Waals surface area contributed by atoms with Crippen LogP contribution in [0.4, 0.5) is 11.6 Å². The maximum Gasteiger partial charge on any atom is 0.226 e. The predicted molar refractivity (Wildman–Crippen MR) is 142 cm³/mol. The van der Waals surface area contributed by atoms with Gasteiger partial charge in [0.25, 0.3) is 0 Å². The van der Waals surface area contributed by atoms with Gasteiger partial charge in [-0.15, -0.1) is 0 Å². The number of aromatic nitrogens is 5. The Hall–Kier alpha value is -4.17. The van der Waals surface area contributed by atoms with Crippen molar-refractivity contribution < 1.29 is 0 Å². The van der Waals surface area contributed by atoms with Gasteiger partial charge < -0.3 is 14.7 Å². The molecule has 2 aliphatic heterocycles. The van der Waals surface area contributed by atoms with Crippen molar-refractivity contribution >= 4 is 23.8 Å². The molecule has 8 nitrogen and oxygen atoms in total. The fourth-order valence-corrected chi connectivity index (χ4v) is 4.65. The molecule has 4 aromatic rings. The third-order valence-electron chi connectivity index (χ3n) is 6.77. The quantitative estimate of drug-likeness (QED) is 0.431. The maximum absolute atomic E-state index is 4.83. The van der Waals surface area contributed by atoms with E-state index < -0.39 is 0 Å². The molecule has 8 heteroatoms. The number of likely N-dealkylation sites (N-methyl/N-ethyl adjacent to an activating group) is 1. The van der Waals surface area contributed by atoms with Crippen molar-refractivity contribution in [2.45, 2.75) is 13.1 Å². The normalized spacial score (nSPS) is 16.0. The molecule has 0 aliphatic carbocycles. The molecular formula is C28H28N8. The molecule has 1 aromatic carbocycles. The zero-order valence-corrected chi connectivity index (χ0v) is 20.3. The molecule has 6 rings (SSSR count). The summed E-state index contributed by atoms with van der Waals surface area (Å²) in [5.74, 6) is 1.29. The van der Waals surface area contributed by atoms with Crippen LogP contribution in [0, 0.1) is 0 Å². The van der Waals surface area contributed by atoms with E-state index >= 15 is 0 Å². The number of hydrogen-bond acceptors (Lipinski definition) is 8. The fraction of sp³-hybridized carbons (Fsp3) is 0.250. The topological polar surface area (TPSA) is 74.2 Å². The van der Waals surface area contributed by atoms with Crippen molar-refractivity contribution in [1.82, 2.24) is 29.8 Å². The minimum atomic E-state index is 0.588. The molecule has 0 radical (unpaired) electrons. The van der Waals surface area contributed by atoms with Crippen LogP contribution in [-0.2, 0) is 13.1 Å². The molecule has 1 saturated heterocycles. The number of piperazine rings is 1. The first kappa shape index (κ1) is 22.3. The van der Waals surface area contributed by atoms with Crippen molar-refractivity contribution in [2.24, 2.45) is 0 Å². The van der Waals surface area contributed by atoms with E-state index in [9.17, 15) is 0 Å². The molecule has 0 N–H and O–H groups in total. The first-order valence-corrected chi connectivity index (χ1v) is 12.3. The van der Waals surface area contributed by atoms with Gasteiger partial charge >= 0.3 is 0 Å². The van der Waals surface area contributed by atoms with E-state index in [1.165, 1.54) is 16.8 Å². The summed E-state index contributed by atoms with van der Waals surface area (Å²) in [5.41, 5.74) is 6.60. The highest BCUT2D eigenvalue weighted by atomic mass is 15.3. The highest BCUT2D eigenvalue weighted by Gasteiger charge is 2.23. The Labute approximate surface area is 211 Å². The van der Waals surface area contributed by atoms with Gasteiger partial charge in [-0.25, -0.2) is 19.9 Å². The van der Waals surface area contributed by atoms with Crippen LogP contribution >= 0.6 is 0 Å². The number of anilines is 2. The van der Waals surface area contributed by atoms with E-state index in [2.05, 4.69) is 54.9 Å². The molecular weight excluding hydrogens is 448 g/mol. The lowest BCUT2D eigenvalue weighted by Crippen LogP contribution is -2.44. The number of benzene rings is 1. The number of pyridine rings is 1. The van der Waals surface area contributed by atoms with Crippen molar-refractivity contribution in [3.05, 3.63) is 89.6 Å². The third-order valence-corrected chi connectivity index (χ3v) is 6.77. The lowest BCUT2D eigenvalue weighted by Gasteiger charge is -2.34. The Morgan fingerprint density at radius 2 is 1.53 bits per heavy atom. The number of fused-ring (bicyclic) bond motifs is 1. The van der Waals surface area contributed by atoms with Crippen LogP contribution in [0.25, 0.3) is 23.7 Å². The summed E-state index contributed by atoms with van der Waals surface area (Å²) in [6.07, 6.45) is 11.1. The van der Waals surface area contributed by atoms with Crippen molar-refractivity contribution in [3.8, 4) is 11.5 Å². The lowest BCUT2D eigenvalue weighted by atomic mass is 10.1. The van der Waals surface area contributed by atoms with Crippen molar-refractivity contribution in [1.29, 1.82) is 0 Å². The molecule has 0 saturated carbocycles. The van der Waals surface area contributed by atoms with Gasteiger partial charge in [0, 0.05) is 69.7 Å². The standard InChI is InChI=1S/C28H28N8/c1-34-14-16-35(17-15-34)25-5-3-22-19-36(20-23(22)18-25)28-31-13-9-26(33-28)27-30-12-8-24(32-27)4-2-21-6-10-29-11-7-21/h2-13,18H,14-17,19-20H2,1H3/b4-2+. The lowest BCUT2D eigenvalue weighted by molar-refractivity contribution is 0.313. The summed E-state index contributed by atoms with van der Waals surface area (Å²) in [6, 6.07) is 14.5. The zero-order valence-electron chi connectivity index (χ0n) is 20.3. The SMILES string of the molecule is CN1CCN(c2ccc3c(c2)CN(c2nccc(-c4nccc(/C=C/c5ccncc5)n4)n2)C3)CC1. The number of nitrogens with zero attached hydrogens (tertiary/aromatic N) is 8. The van der Waals surface area contributed by atoms with E-state index in [0.717, 1.165) is 50.5 Å². The first-order chi connectivity index (χ1) is 17.7. The molecule has 0 spiro atoms. The molecule has 36 heavy (non-hydrogen) atoms. The Morgan fingerprint density at radius 3 is 2.39 bits per heavy atom. The molecule has 2 aliphatic rings. The molecule has 180 valence electrons. The van der Waals surface area contributed by atoms with Crippen molar-refractivity contribution in [3.63, 3.8) is 0 Å². The number of hydrogen-bond donors (Lipinski definition) is 0. The van der Waals surface area contributed by atoms with Gasteiger partial charge in [0.15, 0.2) is 5.82 Å². The van der Waals surface area contributed by atoms with Gasteiger partial charge in [0.2, 0.25) is 5.95 Å². The van der Waals surface area contributed by atoms with Crippen LogP contribution in [-0.4, -0.2) is 63.0 Å². The summed E-state index contributed by atoms with van der Waals surface area (Å²) in [5, 5.41) is 0. The van der Waals surface area contributed by atoms with Gasteiger partial charge in [0.05, 0.1) is 5.69 Å². The van der Waals surface area contributed by atoms with Crippen LogP contribution < -0.4 is 9.80 Å². The monoisotopic (exact) mass is 476 g/mol. The van der Waals surface area contributed by atoms with Gasteiger partial charge in [-0.05, 0) is 66.2 Å². The predicted octanol–water partition coefficient (Wildman–Crippen LogP) is 3.77.